The molecule has 0 spiro atoms. The van der Waals surface area contributed by atoms with Crippen molar-refractivity contribution in [1.82, 2.24) is 10.2 Å². The molecule has 0 fully saturated rings. The van der Waals surface area contributed by atoms with Crippen LogP contribution in [0.1, 0.15) is 33.3 Å². The van der Waals surface area contributed by atoms with Crippen molar-refractivity contribution < 1.29 is 27.5 Å². The number of sulfonamides is 1. The monoisotopic (exact) mass is 531 g/mol. The predicted molar refractivity (Wildman–Crippen MR) is 143 cm³/mol. The fraction of sp³-hybridized carbons (Fsp3) is 0.481. The Morgan fingerprint density at radius 2 is 1.68 bits per heavy atom. The summed E-state index contributed by atoms with van der Waals surface area (Å²) in [6, 6.07) is 13.7. The van der Waals surface area contributed by atoms with E-state index in [2.05, 4.69) is 5.32 Å². The Labute approximate surface area is 219 Å². The molecule has 2 aromatic carbocycles. The van der Waals surface area contributed by atoms with E-state index in [0.717, 1.165) is 9.87 Å². The highest BCUT2D eigenvalue weighted by Gasteiger charge is 2.31. The number of hydrogen-bond acceptors (Lipinski definition) is 6. The van der Waals surface area contributed by atoms with Crippen LogP contribution >= 0.6 is 0 Å². The molecule has 3 rings (SSSR count). The van der Waals surface area contributed by atoms with E-state index in [0.29, 0.717) is 43.4 Å². The van der Waals surface area contributed by atoms with Crippen LogP contribution in [0.4, 0.5) is 5.69 Å². The number of nitrogens with one attached hydrogen (secondary N) is 1. The second-order valence-electron chi connectivity index (χ2n) is 9.37. The van der Waals surface area contributed by atoms with Crippen molar-refractivity contribution in [1.29, 1.82) is 0 Å². The van der Waals surface area contributed by atoms with E-state index in [4.69, 9.17) is 9.47 Å². The third-order valence-electron chi connectivity index (χ3n) is 6.13. The van der Waals surface area contributed by atoms with Gasteiger partial charge in [-0.2, -0.15) is 0 Å². The minimum absolute atomic E-state index is 0.191. The van der Waals surface area contributed by atoms with E-state index >= 15 is 0 Å². The highest BCUT2D eigenvalue weighted by molar-refractivity contribution is 7.92. The first-order chi connectivity index (χ1) is 17.6. The van der Waals surface area contributed by atoms with Crippen LogP contribution in [0.25, 0.3) is 0 Å². The van der Waals surface area contributed by atoms with Crippen molar-refractivity contribution in [3.63, 3.8) is 0 Å². The van der Waals surface area contributed by atoms with Gasteiger partial charge in [-0.15, -0.1) is 0 Å². The average Bonchev–Trinajstić information content (AvgIpc) is 2.90. The summed E-state index contributed by atoms with van der Waals surface area (Å²) in [5.41, 5.74) is 1.32. The van der Waals surface area contributed by atoms with Crippen LogP contribution in [0.5, 0.6) is 11.5 Å². The molecule has 0 bridgehead atoms. The van der Waals surface area contributed by atoms with E-state index in [1.807, 2.05) is 44.2 Å². The molecule has 2 amide bonds. The average molecular weight is 532 g/mol. The first-order valence-electron chi connectivity index (χ1n) is 12.6. The van der Waals surface area contributed by atoms with Crippen LogP contribution in [0.15, 0.2) is 48.5 Å². The van der Waals surface area contributed by atoms with Crippen molar-refractivity contribution in [3.8, 4) is 11.5 Å². The van der Waals surface area contributed by atoms with Crippen LogP contribution in [-0.4, -0.2) is 69.8 Å². The number of carbonyl (C=O) groups excluding carboxylic acids is 2. The summed E-state index contributed by atoms with van der Waals surface area (Å²) in [7, 11) is -3.81. The number of ether oxygens (including phenoxy) is 2. The largest absolute Gasteiger partial charge is 0.486 e. The molecule has 9 nitrogen and oxygen atoms in total. The Morgan fingerprint density at radius 1 is 1.00 bits per heavy atom. The topological polar surface area (TPSA) is 105 Å². The number of hydrogen-bond donors (Lipinski definition) is 1. The van der Waals surface area contributed by atoms with Gasteiger partial charge in [0.2, 0.25) is 21.8 Å². The summed E-state index contributed by atoms with van der Waals surface area (Å²) in [4.78, 5) is 28.0. The zero-order valence-electron chi connectivity index (χ0n) is 22.0. The van der Waals surface area contributed by atoms with Gasteiger partial charge in [0.25, 0.3) is 0 Å². The fourth-order valence-electron chi connectivity index (χ4n) is 3.93. The van der Waals surface area contributed by atoms with E-state index < -0.39 is 28.5 Å². The maximum atomic E-state index is 13.7. The molecular weight excluding hydrogens is 494 g/mol. The lowest BCUT2D eigenvalue weighted by molar-refractivity contribution is -0.138. The van der Waals surface area contributed by atoms with Gasteiger partial charge in [0.1, 0.15) is 25.8 Å². The highest BCUT2D eigenvalue weighted by atomic mass is 32.2. The minimum atomic E-state index is -3.81. The van der Waals surface area contributed by atoms with Crippen LogP contribution in [0, 0.1) is 5.92 Å². The summed E-state index contributed by atoms with van der Waals surface area (Å²) >= 11 is 0. The summed E-state index contributed by atoms with van der Waals surface area (Å²) < 4.78 is 38.4. The third kappa shape index (κ3) is 7.61. The van der Waals surface area contributed by atoms with Gasteiger partial charge in [-0.3, -0.25) is 13.9 Å². The second kappa shape index (κ2) is 12.8. The zero-order chi connectivity index (χ0) is 27.0. The van der Waals surface area contributed by atoms with E-state index in [1.165, 1.54) is 11.8 Å². The summed E-state index contributed by atoms with van der Waals surface area (Å²) in [5, 5.41) is 2.88. The number of carbonyl (C=O) groups is 2. The maximum absolute atomic E-state index is 13.7. The van der Waals surface area contributed by atoms with Crippen LogP contribution < -0.4 is 19.1 Å². The second-order valence-corrected chi connectivity index (χ2v) is 11.6. The van der Waals surface area contributed by atoms with Crippen LogP contribution in [0.3, 0.4) is 0 Å². The van der Waals surface area contributed by atoms with E-state index in [9.17, 15) is 18.0 Å². The van der Waals surface area contributed by atoms with E-state index in [1.54, 1.807) is 25.1 Å². The molecule has 1 aliphatic rings. The van der Waals surface area contributed by atoms with Gasteiger partial charge in [0.15, 0.2) is 11.5 Å². The van der Waals surface area contributed by atoms with Crippen molar-refractivity contribution in [2.45, 2.75) is 40.2 Å². The summed E-state index contributed by atoms with van der Waals surface area (Å²) in [6.45, 7) is 8.25. The number of nitrogens with zero attached hydrogens (tertiary/aromatic N) is 2. The number of fused-ring (bicyclic) bond motifs is 1. The Morgan fingerprint density at radius 3 is 2.32 bits per heavy atom. The van der Waals surface area contributed by atoms with Crippen LogP contribution in [-0.2, 0) is 26.0 Å². The normalized spacial score (nSPS) is 13.6. The molecule has 1 atom stereocenters. The van der Waals surface area contributed by atoms with Gasteiger partial charge < -0.3 is 19.7 Å². The molecule has 1 heterocycles. The van der Waals surface area contributed by atoms with Gasteiger partial charge in [-0.05, 0) is 43.9 Å². The Bertz CT molecular complexity index is 1170. The molecule has 10 heteroatoms. The quantitative estimate of drug-likeness (QED) is 0.452. The smallest absolute Gasteiger partial charge is 0.244 e. The summed E-state index contributed by atoms with van der Waals surface area (Å²) in [6.07, 6.45) is 0.527. The predicted octanol–water partition coefficient (Wildman–Crippen LogP) is 2.85. The Hall–Kier alpha value is -3.27. The Balaban J connectivity index is 1.87. The molecular formula is C27H37N3O6S. The number of amides is 2. The lowest BCUT2D eigenvalue weighted by Crippen LogP contribution is -2.52. The molecule has 0 aromatic heterocycles. The van der Waals surface area contributed by atoms with Crippen LogP contribution in [0.2, 0.25) is 0 Å². The summed E-state index contributed by atoms with van der Waals surface area (Å²) in [5.74, 6) is 0.271. The molecule has 2 aromatic rings. The lowest BCUT2D eigenvalue weighted by atomic mass is 10.1. The highest BCUT2D eigenvalue weighted by Crippen LogP contribution is 2.35. The van der Waals surface area contributed by atoms with Gasteiger partial charge in [-0.25, -0.2) is 8.42 Å². The number of benzene rings is 2. The molecule has 1 aliphatic heterocycles. The molecule has 0 radical (unpaired) electrons. The lowest BCUT2D eigenvalue weighted by Gasteiger charge is -2.32. The molecule has 0 saturated carbocycles. The number of anilines is 1. The molecule has 0 saturated heterocycles. The fourth-order valence-corrected chi connectivity index (χ4v) is 4.98. The maximum Gasteiger partial charge on any atom is 0.244 e. The van der Waals surface area contributed by atoms with Crippen molar-refractivity contribution in [2.75, 3.05) is 42.9 Å². The van der Waals surface area contributed by atoms with Gasteiger partial charge in [0, 0.05) is 19.2 Å². The van der Waals surface area contributed by atoms with Crippen molar-refractivity contribution in [2.24, 2.45) is 5.92 Å². The van der Waals surface area contributed by atoms with Gasteiger partial charge in [-0.1, -0.05) is 44.2 Å². The molecule has 0 aliphatic carbocycles. The molecule has 1 N–H and O–H groups in total. The first-order valence-corrected chi connectivity index (χ1v) is 14.2. The van der Waals surface area contributed by atoms with Crippen molar-refractivity contribution >= 4 is 27.5 Å². The Kier molecular flexibility index (Phi) is 9.79. The zero-order valence-corrected chi connectivity index (χ0v) is 22.8. The minimum Gasteiger partial charge on any atom is -0.486 e. The van der Waals surface area contributed by atoms with Crippen molar-refractivity contribution in [3.05, 3.63) is 54.1 Å². The SMILES string of the molecule is CCS(=O)(=O)N(CC(=O)N(CCc1ccccc1)[C@H](C)C(=O)NCC(C)C)c1ccc2c(c1)OCCO2. The third-order valence-corrected chi connectivity index (χ3v) is 7.87. The first kappa shape index (κ1) is 28.3. The van der Waals surface area contributed by atoms with E-state index in [-0.39, 0.29) is 24.1 Å². The van der Waals surface area contributed by atoms with Gasteiger partial charge >= 0.3 is 0 Å². The number of rotatable bonds is 12. The molecule has 37 heavy (non-hydrogen) atoms. The molecule has 202 valence electrons. The van der Waals surface area contributed by atoms with Gasteiger partial charge in [0.05, 0.1) is 11.4 Å². The standard InChI is InChI=1S/C27H37N3O6S/c1-5-37(33,34)30(23-11-12-24-25(17-23)36-16-15-35-24)19-26(31)29(14-13-22-9-7-6-8-10-22)21(4)27(32)28-18-20(2)3/h6-12,17,20-21H,5,13-16,18-19H2,1-4H3,(H,28,32)/t21-/m1/s1. The molecule has 0 unspecified atom stereocenters.